The number of anilines is 1. The van der Waals surface area contributed by atoms with E-state index in [0.29, 0.717) is 9.99 Å². The maximum absolute atomic E-state index is 13.9. The molecule has 37 heavy (non-hydrogen) atoms. The van der Waals surface area contributed by atoms with Gasteiger partial charge in [0.05, 0.1) is 17.8 Å². The number of aromatic nitrogens is 1. The molecule has 0 spiro atoms. The molecule has 1 saturated heterocycles. The third-order valence-electron chi connectivity index (χ3n) is 6.69. The van der Waals surface area contributed by atoms with Gasteiger partial charge in [-0.2, -0.15) is 18.4 Å². The van der Waals surface area contributed by atoms with Gasteiger partial charge in [0.1, 0.15) is 11.6 Å². The van der Waals surface area contributed by atoms with Gasteiger partial charge < -0.3 is 9.47 Å². The fourth-order valence-electron chi connectivity index (χ4n) is 4.66. The molecule has 9 heteroatoms. The molecule has 1 aromatic heterocycles. The highest BCUT2D eigenvalue weighted by Gasteiger charge is 2.36. The zero-order chi connectivity index (χ0) is 26.7. The Labute approximate surface area is 232 Å². The zero-order valence-electron chi connectivity index (χ0n) is 20.2. The van der Waals surface area contributed by atoms with E-state index in [1.165, 1.54) is 17.1 Å². The van der Waals surface area contributed by atoms with Crippen LogP contribution >= 0.6 is 34.8 Å². The van der Waals surface area contributed by atoms with Crippen molar-refractivity contribution < 1.29 is 13.2 Å². The van der Waals surface area contributed by atoms with Gasteiger partial charge in [0.2, 0.25) is 0 Å². The summed E-state index contributed by atoms with van der Waals surface area (Å²) in [6, 6.07) is 15.3. The standard InChI is InChI=1S/C28H25F3IN3OS/c1-18(37)20-5-6-21(22(13-20)15-32)17-35-26(14-25(28(29,30)31)24(16-33)27(35)36)19-7-9-23(10-8-19)34-11-3-2-4-12-34/h5-10,13-14H,2-4,11-12,15,17H2,1H3. The quantitative estimate of drug-likeness (QED) is 0.125. The van der Waals surface area contributed by atoms with Crippen molar-refractivity contribution in [2.75, 3.05) is 18.0 Å². The van der Waals surface area contributed by atoms with Gasteiger partial charge in [0.15, 0.2) is 0 Å². The lowest BCUT2D eigenvalue weighted by Crippen LogP contribution is -2.29. The van der Waals surface area contributed by atoms with E-state index in [1.807, 2.05) is 37.3 Å². The molecule has 0 bridgehead atoms. The third-order valence-corrected chi connectivity index (χ3v) is 7.74. The van der Waals surface area contributed by atoms with Crippen LogP contribution in [0.25, 0.3) is 11.3 Å². The van der Waals surface area contributed by atoms with Crippen molar-refractivity contribution >= 4 is 45.4 Å². The van der Waals surface area contributed by atoms with Crippen molar-refractivity contribution in [3.8, 4) is 17.3 Å². The summed E-state index contributed by atoms with van der Waals surface area (Å²) < 4.78 is 43.6. The second kappa shape index (κ2) is 11.4. The van der Waals surface area contributed by atoms with Crippen LogP contribution in [-0.4, -0.2) is 22.5 Å². The molecule has 0 N–H and O–H groups in total. The Kier molecular flexibility index (Phi) is 8.39. The molecule has 2 aromatic carbocycles. The lowest BCUT2D eigenvalue weighted by molar-refractivity contribution is -0.137. The Morgan fingerprint density at radius 3 is 2.30 bits per heavy atom. The molecule has 4 nitrogen and oxygen atoms in total. The molecule has 0 aliphatic carbocycles. The molecular weight excluding hydrogens is 610 g/mol. The lowest BCUT2D eigenvalue weighted by atomic mass is 10.0. The minimum atomic E-state index is -4.84. The summed E-state index contributed by atoms with van der Waals surface area (Å²) in [6.45, 7) is 3.74. The van der Waals surface area contributed by atoms with Crippen LogP contribution in [0.15, 0.2) is 53.3 Å². The van der Waals surface area contributed by atoms with E-state index in [4.69, 9.17) is 12.2 Å². The number of hydrogen-bond acceptors (Lipinski definition) is 4. The van der Waals surface area contributed by atoms with Crippen LogP contribution in [0.2, 0.25) is 0 Å². The Balaban J connectivity index is 1.87. The number of nitrogens with zero attached hydrogens (tertiary/aromatic N) is 3. The monoisotopic (exact) mass is 635 g/mol. The number of rotatable bonds is 6. The first-order valence-electron chi connectivity index (χ1n) is 11.9. The molecule has 0 amide bonds. The summed E-state index contributed by atoms with van der Waals surface area (Å²) >= 11 is 7.49. The minimum Gasteiger partial charge on any atom is -0.372 e. The first-order valence-corrected chi connectivity index (χ1v) is 13.9. The number of benzene rings is 2. The van der Waals surface area contributed by atoms with Crippen molar-refractivity contribution in [3.63, 3.8) is 0 Å². The fourth-order valence-corrected chi connectivity index (χ4v) is 5.50. The molecule has 0 saturated carbocycles. The number of hydrogen-bond donors (Lipinski definition) is 0. The van der Waals surface area contributed by atoms with Gasteiger partial charge in [-0.05, 0) is 72.7 Å². The van der Waals surface area contributed by atoms with E-state index in [2.05, 4.69) is 27.5 Å². The second-order valence-electron chi connectivity index (χ2n) is 9.09. The molecule has 0 atom stereocenters. The van der Waals surface area contributed by atoms with Crippen LogP contribution in [0.5, 0.6) is 0 Å². The summed E-state index contributed by atoms with van der Waals surface area (Å²) in [6.07, 6.45) is -1.44. The number of pyridine rings is 1. The minimum absolute atomic E-state index is 0.0317. The summed E-state index contributed by atoms with van der Waals surface area (Å²) in [5, 5.41) is 9.51. The van der Waals surface area contributed by atoms with Crippen LogP contribution in [0.4, 0.5) is 18.9 Å². The largest absolute Gasteiger partial charge is 0.417 e. The van der Waals surface area contributed by atoms with Crippen LogP contribution in [0.3, 0.4) is 0 Å². The van der Waals surface area contributed by atoms with Crippen molar-refractivity contribution in [2.24, 2.45) is 0 Å². The molecule has 1 aliphatic heterocycles. The average Bonchev–Trinajstić information content (AvgIpc) is 2.89. The molecule has 2 heterocycles. The summed E-state index contributed by atoms with van der Waals surface area (Å²) in [5.41, 5.74) is 1.13. The fraction of sp³-hybridized carbons (Fsp3) is 0.321. The Morgan fingerprint density at radius 1 is 1.05 bits per heavy atom. The van der Waals surface area contributed by atoms with Crippen LogP contribution in [-0.2, 0) is 17.1 Å². The van der Waals surface area contributed by atoms with E-state index in [0.717, 1.165) is 59.2 Å². The topological polar surface area (TPSA) is 49.0 Å². The number of piperidine rings is 1. The predicted octanol–water partition coefficient (Wildman–Crippen LogP) is 7.12. The Morgan fingerprint density at radius 2 is 1.73 bits per heavy atom. The highest BCUT2D eigenvalue weighted by Crippen LogP contribution is 2.34. The van der Waals surface area contributed by atoms with Crippen molar-refractivity contribution in [1.82, 2.24) is 4.57 Å². The maximum atomic E-state index is 13.9. The first-order chi connectivity index (χ1) is 17.6. The van der Waals surface area contributed by atoms with Gasteiger partial charge in [0.25, 0.3) is 5.56 Å². The number of thiocarbonyl (C=S) groups is 1. The molecule has 4 rings (SSSR count). The molecule has 3 aromatic rings. The van der Waals surface area contributed by atoms with Gasteiger partial charge in [-0.25, -0.2) is 0 Å². The molecule has 1 fully saturated rings. The Bertz CT molecular complexity index is 1420. The van der Waals surface area contributed by atoms with Crippen molar-refractivity contribution in [2.45, 2.75) is 43.3 Å². The first kappa shape index (κ1) is 27.3. The number of alkyl halides is 4. The highest BCUT2D eigenvalue weighted by atomic mass is 127. The Hall–Kier alpha value is -2.71. The zero-order valence-corrected chi connectivity index (χ0v) is 23.2. The third kappa shape index (κ3) is 5.91. The van der Waals surface area contributed by atoms with Crippen LogP contribution < -0.4 is 10.5 Å². The van der Waals surface area contributed by atoms with E-state index in [9.17, 15) is 23.2 Å². The molecule has 1 aliphatic rings. The normalized spacial score (nSPS) is 13.9. The van der Waals surface area contributed by atoms with E-state index < -0.39 is 22.9 Å². The second-order valence-corrected chi connectivity index (χ2v) is 10.5. The van der Waals surface area contributed by atoms with Gasteiger partial charge in [0, 0.05) is 28.1 Å². The van der Waals surface area contributed by atoms with Crippen LogP contribution in [0.1, 0.15) is 54.0 Å². The van der Waals surface area contributed by atoms with Gasteiger partial charge in [-0.3, -0.25) is 4.79 Å². The molecular formula is C28H25F3IN3OS. The highest BCUT2D eigenvalue weighted by molar-refractivity contribution is 14.1. The molecule has 0 unspecified atom stereocenters. The predicted molar refractivity (Wildman–Crippen MR) is 153 cm³/mol. The molecule has 0 radical (unpaired) electrons. The average molecular weight is 635 g/mol. The smallest absolute Gasteiger partial charge is 0.372 e. The summed E-state index contributed by atoms with van der Waals surface area (Å²) in [4.78, 5) is 16.3. The van der Waals surface area contributed by atoms with E-state index >= 15 is 0 Å². The molecule has 192 valence electrons. The van der Waals surface area contributed by atoms with Crippen LogP contribution in [0, 0.1) is 11.3 Å². The SMILES string of the molecule is CC(=S)c1ccc(Cn2c(-c3ccc(N4CCCCC4)cc3)cc(C(F)(F)F)c(C#N)c2=O)c(CI)c1. The van der Waals surface area contributed by atoms with Crippen molar-refractivity contribution in [1.29, 1.82) is 5.26 Å². The summed E-state index contributed by atoms with van der Waals surface area (Å²) in [7, 11) is 0. The number of nitriles is 1. The number of halogens is 4. The van der Waals surface area contributed by atoms with Crippen molar-refractivity contribution in [3.05, 3.63) is 86.7 Å². The van der Waals surface area contributed by atoms with Gasteiger partial charge >= 0.3 is 6.18 Å². The van der Waals surface area contributed by atoms with E-state index in [1.54, 1.807) is 12.1 Å². The van der Waals surface area contributed by atoms with E-state index in [-0.39, 0.29) is 12.2 Å². The van der Waals surface area contributed by atoms with Gasteiger partial charge in [-0.1, -0.05) is 59.1 Å². The lowest BCUT2D eigenvalue weighted by Gasteiger charge is -2.29. The summed E-state index contributed by atoms with van der Waals surface area (Å²) in [5.74, 6) is 0. The van der Waals surface area contributed by atoms with Gasteiger partial charge in [-0.15, -0.1) is 0 Å². The maximum Gasteiger partial charge on any atom is 0.417 e.